The number of allylic oxidation sites excluding steroid dienone is 4. The van der Waals surface area contributed by atoms with Gasteiger partial charge in [0.05, 0.1) is 36.6 Å². The largest absolute Gasteiger partial charge is 0.490 e. The van der Waals surface area contributed by atoms with E-state index in [9.17, 15) is 15.8 Å². The predicted molar refractivity (Wildman–Crippen MR) is 112 cm³/mol. The average molecular weight is 402 g/mol. The third-order valence-corrected chi connectivity index (χ3v) is 5.89. The van der Waals surface area contributed by atoms with Gasteiger partial charge in [-0.05, 0) is 61.8 Å². The summed E-state index contributed by atoms with van der Waals surface area (Å²) in [5.74, 6) is 0.606. The second-order valence-electron chi connectivity index (χ2n) is 7.59. The van der Waals surface area contributed by atoms with E-state index in [0.717, 1.165) is 36.8 Å². The Balaban J connectivity index is 2.21. The van der Waals surface area contributed by atoms with Crippen molar-refractivity contribution in [1.82, 2.24) is 0 Å². The standard InChI is InChI=1S/C24H26N4O2/c1-3-11-30-20-10-9-16(12-21(20)29-4-2)22-18-8-6-5-7-17(18)19(13-25)23(28)24(22,14-26)15-27/h7,9-10,12,18,22H,3-6,8,11,28H2,1-2H3/t18-,22-/m0/s1. The fourth-order valence-electron chi connectivity index (χ4n) is 4.57. The highest BCUT2D eigenvalue weighted by molar-refractivity contribution is 5.60. The van der Waals surface area contributed by atoms with Crippen molar-refractivity contribution < 1.29 is 9.47 Å². The van der Waals surface area contributed by atoms with Crippen LogP contribution in [0.1, 0.15) is 51.0 Å². The van der Waals surface area contributed by atoms with Crippen LogP contribution in [0.25, 0.3) is 0 Å². The van der Waals surface area contributed by atoms with Gasteiger partial charge in [-0.3, -0.25) is 0 Å². The molecule has 1 aromatic carbocycles. The summed E-state index contributed by atoms with van der Waals surface area (Å²) in [7, 11) is 0. The molecular formula is C24H26N4O2. The Kier molecular flexibility index (Phi) is 6.34. The van der Waals surface area contributed by atoms with E-state index in [-0.39, 0.29) is 17.2 Å². The molecule has 0 aromatic heterocycles. The van der Waals surface area contributed by atoms with E-state index in [0.29, 0.717) is 24.7 Å². The SMILES string of the molecule is CCCOc1ccc([C@H]2[C@H]3CCCC=C3C(C#N)=C(N)C2(C#N)C#N)cc1OCC. The van der Waals surface area contributed by atoms with Crippen molar-refractivity contribution >= 4 is 0 Å². The van der Waals surface area contributed by atoms with Gasteiger partial charge >= 0.3 is 0 Å². The quantitative estimate of drug-likeness (QED) is 0.750. The molecule has 6 nitrogen and oxygen atoms in total. The van der Waals surface area contributed by atoms with Crippen LogP contribution < -0.4 is 15.2 Å². The smallest absolute Gasteiger partial charge is 0.191 e. The summed E-state index contributed by atoms with van der Waals surface area (Å²) in [5, 5.41) is 30.0. The number of nitriles is 3. The van der Waals surface area contributed by atoms with Crippen LogP contribution in [-0.2, 0) is 0 Å². The molecule has 30 heavy (non-hydrogen) atoms. The van der Waals surface area contributed by atoms with E-state index in [1.165, 1.54) is 0 Å². The number of hydrogen-bond donors (Lipinski definition) is 1. The van der Waals surface area contributed by atoms with Gasteiger partial charge in [-0.1, -0.05) is 19.1 Å². The zero-order chi connectivity index (χ0) is 21.7. The summed E-state index contributed by atoms with van der Waals surface area (Å²) in [6.45, 7) is 4.96. The first-order chi connectivity index (χ1) is 14.6. The van der Waals surface area contributed by atoms with Gasteiger partial charge in [-0.25, -0.2) is 0 Å². The minimum absolute atomic E-state index is 0.0497. The van der Waals surface area contributed by atoms with Crippen molar-refractivity contribution in [2.24, 2.45) is 17.1 Å². The average Bonchev–Trinajstić information content (AvgIpc) is 2.78. The lowest BCUT2D eigenvalue weighted by molar-refractivity contribution is 0.274. The van der Waals surface area contributed by atoms with Crippen LogP contribution in [0.4, 0.5) is 0 Å². The Morgan fingerprint density at radius 3 is 2.53 bits per heavy atom. The maximum atomic E-state index is 10.1. The molecule has 0 radical (unpaired) electrons. The maximum Gasteiger partial charge on any atom is 0.191 e. The van der Waals surface area contributed by atoms with Gasteiger partial charge in [0.25, 0.3) is 0 Å². The summed E-state index contributed by atoms with van der Waals surface area (Å²) < 4.78 is 11.6. The molecule has 2 aliphatic carbocycles. The molecule has 0 spiro atoms. The van der Waals surface area contributed by atoms with Gasteiger partial charge < -0.3 is 15.2 Å². The van der Waals surface area contributed by atoms with Crippen LogP contribution >= 0.6 is 0 Å². The number of benzene rings is 1. The normalized spacial score (nSPS) is 22.0. The molecule has 2 N–H and O–H groups in total. The highest BCUT2D eigenvalue weighted by atomic mass is 16.5. The van der Waals surface area contributed by atoms with Gasteiger partial charge in [0.1, 0.15) is 6.07 Å². The van der Waals surface area contributed by atoms with Crippen molar-refractivity contribution in [2.75, 3.05) is 13.2 Å². The van der Waals surface area contributed by atoms with Gasteiger partial charge in [-0.2, -0.15) is 15.8 Å². The Bertz CT molecular complexity index is 990. The maximum absolute atomic E-state index is 10.1. The molecular weight excluding hydrogens is 376 g/mol. The monoisotopic (exact) mass is 402 g/mol. The molecule has 0 bridgehead atoms. The first-order valence-electron chi connectivity index (χ1n) is 10.4. The van der Waals surface area contributed by atoms with E-state index in [4.69, 9.17) is 15.2 Å². The Morgan fingerprint density at radius 2 is 1.90 bits per heavy atom. The molecule has 2 aliphatic rings. The molecule has 0 saturated carbocycles. The summed E-state index contributed by atoms with van der Waals surface area (Å²) in [5.41, 5.74) is 6.71. The van der Waals surface area contributed by atoms with Crippen molar-refractivity contribution in [3.8, 4) is 29.7 Å². The van der Waals surface area contributed by atoms with Crippen LogP contribution in [0.15, 0.2) is 41.1 Å². The fourth-order valence-corrected chi connectivity index (χ4v) is 4.57. The molecule has 6 heteroatoms. The van der Waals surface area contributed by atoms with E-state index in [1.807, 2.05) is 38.1 Å². The van der Waals surface area contributed by atoms with Gasteiger partial charge in [0.2, 0.25) is 0 Å². The lowest BCUT2D eigenvalue weighted by atomic mass is 9.57. The third kappa shape index (κ3) is 3.38. The second kappa shape index (κ2) is 8.93. The van der Waals surface area contributed by atoms with Crippen molar-refractivity contribution in [1.29, 1.82) is 15.8 Å². The van der Waals surface area contributed by atoms with E-state index < -0.39 is 11.3 Å². The first-order valence-corrected chi connectivity index (χ1v) is 10.4. The van der Waals surface area contributed by atoms with Crippen molar-refractivity contribution in [3.63, 3.8) is 0 Å². The van der Waals surface area contributed by atoms with Gasteiger partial charge in [0.15, 0.2) is 16.9 Å². The van der Waals surface area contributed by atoms with Gasteiger partial charge in [0, 0.05) is 5.92 Å². The summed E-state index contributed by atoms with van der Waals surface area (Å²) >= 11 is 0. The lowest BCUT2D eigenvalue weighted by Crippen LogP contribution is -2.42. The second-order valence-corrected chi connectivity index (χ2v) is 7.59. The first kappa shape index (κ1) is 21.3. The van der Waals surface area contributed by atoms with Crippen LogP contribution in [0, 0.1) is 45.3 Å². The highest BCUT2D eigenvalue weighted by Crippen LogP contribution is 2.56. The summed E-state index contributed by atoms with van der Waals surface area (Å²) in [6, 6.07) is 12.1. The molecule has 0 aliphatic heterocycles. The lowest BCUT2D eigenvalue weighted by Gasteiger charge is -2.43. The zero-order valence-corrected chi connectivity index (χ0v) is 17.4. The molecule has 154 valence electrons. The summed E-state index contributed by atoms with van der Waals surface area (Å²) in [6.07, 6.45) is 5.49. The van der Waals surface area contributed by atoms with Crippen LogP contribution in [0.5, 0.6) is 11.5 Å². The van der Waals surface area contributed by atoms with Crippen molar-refractivity contribution in [3.05, 3.63) is 46.7 Å². The number of rotatable bonds is 6. The number of ether oxygens (including phenoxy) is 2. The molecule has 0 amide bonds. The Hall–Kier alpha value is -3.43. The minimum Gasteiger partial charge on any atom is -0.490 e. The third-order valence-electron chi connectivity index (χ3n) is 5.89. The molecule has 0 unspecified atom stereocenters. The Labute approximate surface area is 177 Å². The molecule has 3 rings (SSSR count). The summed E-state index contributed by atoms with van der Waals surface area (Å²) in [4.78, 5) is 0. The molecule has 0 fully saturated rings. The number of hydrogen-bond acceptors (Lipinski definition) is 6. The molecule has 2 atom stereocenters. The predicted octanol–water partition coefficient (Wildman–Crippen LogP) is 4.47. The number of nitrogens with two attached hydrogens (primary N) is 1. The van der Waals surface area contributed by atoms with Crippen LogP contribution in [0.2, 0.25) is 0 Å². The topological polar surface area (TPSA) is 116 Å². The van der Waals surface area contributed by atoms with Gasteiger partial charge in [-0.15, -0.1) is 0 Å². The van der Waals surface area contributed by atoms with Crippen LogP contribution in [-0.4, -0.2) is 13.2 Å². The van der Waals surface area contributed by atoms with Crippen molar-refractivity contribution in [2.45, 2.75) is 45.4 Å². The zero-order valence-electron chi connectivity index (χ0n) is 17.4. The van der Waals surface area contributed by atoms with Crippen LogP contribution in [0.3, 0.4) is 0 Å². The Morgan fingerprint density at radius 1 is 1.13 bits per heavy atom. The fraction of sp³-hybridized carbons (Fsp3) is 0.458. The van der Waals surface area contributed by atoms with E-state index >= 15 is 0 Å². The molecule has 0 saturated heterocycles. The number of fused-ring (bicyclic) bond motifs is 1. The molecule has 0 heterocycles. The number of nitrogens with zero attached hydrogens (tertiary/aromatic N) is 3. The minimum atomic E-state index is -1.61. The van der Waals surface area contributed by atoms with E-state index in [2.05, 4.69) is 18.2 Å². The van der Waals surface area contributed by atoms with E-state index in [1.54, 1.807) is 0 Å². The highest BCUT2D eigenvalue weighted by Gasteiger charge is 2.53. The molecule has 1 aromatic rings.